The molecular formula is C18H36N4O3S. The summed E-state index contributed by atoms with van der Waals surface area (Å²) in [5.74, 6) is 1.53. The molecule has 1 amide bonds. The predicted octanol–water partition coefficient (Wildman–Crippen LogP) is 0.989. The van der Waals surface area contributed by atoms with Crippen LogP contribution in [-0.4, -0.2) is 81.2 Å². The van der Waals surface area contributed by atoms with Crippen LogP contribution in [-0.2, 0) is 15.0 Å². The molecule has 0 bridgehead atoms. The summed E-state index contributed by atoms with van der Waals surface area (Å²) in [6.45, 7) is 9.53. The first-order chi connectivity index (χ1) is 12.2. The Hall–Kier alpha value is -0.700. The van der Waals surface area contributed by atoms with E-state index in [4.69, 9.17) is 0 Å². The van der Waals surface area contributed by atoms with Crippen LogP contribution in [0.1, 0.15) is 39.5 Å². The third-order valence-corrected chi connectivity index (χ3v) is 7.45. The number of amides is 1. The van der Waals surface area contributed by atoms with E-state index in [9.17, 15) is 13.2 Å². The SMILES string of the molecule is C[C@H]1C[C@H](C)CN(CCCNC(=O)C2CCN(S(=O)(=O)N(C)C)CC2)C1. The van der Waals surface area contributed by atoms with Crippen molar-refractivity contribution in [3.05, 3.63) is 0 Å². The fourth-order valence-corrected chi connectivity index (χ4v) is 5.35. The van der Waals surface area contributed by atoms with Crippen LogP contribution in [0.2, 0.25) is 0 Å². The van der Waals surface area contributed by atoms with Crippen molar-refractivity contribution in [1.29, 1.82) is 0 Å². The second kappa shape index (κ2) is 9.48. The Morgan fingerprint density at radius 1 is 1.12 bits per heavy atom. The van der Waals surface area contributed by atoms with E-state index in [2.05, 4.69) is 24.1 Å². The van der Waals surface area contributed by atoms with Gasteiger partial charge < -0.3 is 10.2 Å². The summed E-state index contributed by atoms with van der Waals surface area (Å²) in [4.78, 5) is 14.8. The summed E-state index contributed by atoms with van der Waals surface area (Å²) in [5, 5.41) is 3.05. The monoisotopic (exact) mass is 388 g/mol. The molecule has 0 radical (unpaired) electrons. The summed E-state index contributed by atoms with van der Waals surface area (Å²) in [6, 6.07) is 0. The molecule has 2 fully saturated rings. The Balaban J connectivity index is 1.65. The molecule has 2 heterocycles. The Bertz CT molecular complexity index is 549. The summed E-state index contributed by atoms with van der Waals surface area (Å²) >= 11 is 0. The molecule has 1 N–H and O–H groups in total. The lowest BCUT2D eigenvalue weighted by Crippen LogP contribution is -2.47. The van der Waals surface area contributed by atoms with E-state index in [1.165, 1.54) is 29.1 Å². The van der Waals surface area contributed by atoms with Crippen LogP contribution >= 0.6 is 0 Å². The molecule has 0 aromatic heterocycles. The number of piperidine rings is 2. The van der Waals surface area contributed by atoms with Crippen LogP contribution in [0.3, 0.4) is 0 Å². The van der Waals surface area contributed by atoms with Gasteiger partial charge in [-0.1, -0.05) is 13.8 Å². The molecule has 0 aliphatic carbocycles. The molecule has 7 nitrogen and oxygen atoms in total. The van der Waals surface area contributed by atoms with Gasteiger partial charge in [-0.3, -0.25) is 4.79 Å². The van der Waals surface area contributed by atoms with Crippen molar-refractivity contribution in [3.8, 4) is 0 Å². The molecule has 0 spiro atoms. The number of nitrogens with one attached hydrogen (secondary N) is 1. The normalized spacial score (nSPS) is 27.0. The van der Waals surface area contributed by atoms with Gasteiger partial charge in [0.15, 0.2) is 0 Å². The van der Waals surface area contributed by atoms with Crippen LogP contribution in [0.15, 0.2) is 0 Å². The maximum atomic E-state index is 12.3. The van der Waals surface area contributed by atoms with Crippen molar-refractivity contribution < 1.29 is 13.2 Å². The fraction of sp³-hybridized carbons (Fsp3) is 0.944. The highest BCUT2D eigenvalue weighted by Gasteiger charge is 2.32. The van der Waals surface area contributed by atoms with Crippen LogP contribution in [0.4, 0.5) is 0 Å². The van der Waals surface area contributed by atoms with Crippen molar-refractivity contribution in [1.82, 2.24) is 18.8 Å². The predicted molar refractivity (Wildman–Crippen MR) is 104 cm³/mol. The molecule has 8 heteroatoms. The van der Waals surface area contributed by atoms with Crippen LogP contribution in [0, 0.1) is 17.8 Å². The number of rotatable bonds is 7. The van der Waals surface area contributed by atoms with Crippen LogP contribution in [0.5, 0.6) is 0 Å². The van der Waals surface area contributed by atoms with Gasteiger partial charge in [-0.25, -0.2) is 0 Å². The van der Waals surface area contributed by atoms with Gasteiger partial charge in [0.25, 0.3) is 10.2 Å². The van der Waals surface area contributed by atoms with Gasteiger partial charge >= 0.3 is 0 Å². The summed E-state index contributed by atoms with van der Waals surface area (Å²) in [5.41, 5.74) is 0. The van der Waals surface area contributed by atoms with Gasteiger partial charge in [0, 0.05) is 52.7 Å². The smallest absolute Gasteiger partial charge is 0.281 e. The maximum Gasteiger partial charge on any atom is 0.281 e. The molecule has 2 saturated heterocycles. The van der Waals surface area contributed by atoms with Gasteiger partial charge in [0.2, 0.25) is 5.91 Å². The largest absolute Gasteiger partial charge is 0.356 e. The molecule has 152 valence electrons. The maximum absolute atomic E-state index is 12.3. The van der Waals surface area contributed by atoms with E-state index in [0.717, 1.165) is 37.9 Å². The van der Waals surface area contributed by atoms with Gasteiger partial charge in [-0.2, -0.15) is 17.0 Å². The van der Waals surface area contributed by atoms with E-state index in [-0.39, 0.29) is 11.8 Å². The number of likely N-dealkylation sites (tertiary alicyclic amines) is 1. The van der Waals surface area contributed by atoms with Crippen molar-refractivity contribution in [3.63, 3.8) is 0 Å². The van der Waals surface area contributed by atoms with Gasteiger partial charge in [0.05, 0.1) is 0 Å². The molecule has 2 aliphatic rings. The zero-order valence-electron chi connectivity index (χ0n) is 16.8. The lowest BCUT2D eigenvalue weighted by molar-refractivity contribution is -0.126. The van der Waals surface area contributed by atoms with E-state index in [1.54, 1.807) is 0 Å². The first-order valence-electron chi connectivity index (χ1n) is 9.87. The molecule has 0 saturated carbocycles. The Morgan fingerprint density at radius 2 is 1.69 bits per heavy atom. The quantitative estimate of drug-likeness (QED) is 0.660. The molecule has 26 heavy (non-hydrogen) atoms. The van der Waals surface area contributed by atoms with E-state index in [0.29, 0.717) is 32.5 Å². The minimum atomic E-state index is -3.36. The van der Waals surface area contributed by atoms with E-state index >= 15 is 0 Å². The number of carbonyl (C=O) groups excluding carboxylic acids is 1. The Morgan fingerprint density at radius 3 is 2.23 bits per heavy atom. The molecular weight excluding hydrogens is 352 g/mol. The lowest BCUT2D eigenvalue weighted by atomic mass is 9.92. The number of hydrogen-bond donors (Lipinski definition) is 1. The molecule has 0 unspecified atom stereocenters. The van der Waals surface area contributed by atoms with Gasteiger partial charge in [0.1, 0.15) is 0 Å². The summed E-state index contributed by atoms with van der Waals surface area (Å²) < 4.78 is 26.9. The second-order valence-corrected chi connectivity index (χ2v) is 10.5. The highest BCUT2D eigenvalue weighted by molar-refractivity contribution is 7.86. The molecule has 2 atom stereocenters. The minimum Gasteiger partial charge on any atom is -0.356 e. The van der Waals surface area contributed by atoms with Crippen molar-refractivity contribution in [2.24, 2.45) is 17.8 Å². The van der Waals surface area contributed by atoms with Gasteiger partial charge in [-0.05, 0) is 44.1 Å². The third kappa shape index (κ3) is 5.90. The summed E-state index contributed by atoms with van der Waals surface area (Å²) in [7, 11) is -0.283. The Kier molecular flexibility index (Phi) is 7.88. The topological polar surface area (TPSA) is 73.0 Å². The average Bonchev–Trinajstić information content (AvgIpc) is 2.57. The van der Waals surface area contributed by atoms with E-state index < -0.39 is 10.2 Å². The zero-order chi connectivity index (χ0) is 19.3. The first kappa shape index (κ1) is 21.6. The third-order valence-electron chi connectivity index (χ3n) is 5.51. The van der Waals surface area contributed by atoms with Gasteiger partial charge in [-0.15, -0.1) is 0 Å². The second-order valence-electron chi connectivity index (χ2n) is 8.31. The number of hydrogen-bond acceptors (Lipinski definition) is 4. The average molecular weight is 389 g/mol. The highest BCUT2D eigenvalue weighted by atomic mass is 32.2. The molecule has 2 rings (SSSR count). The summed E-state index contributed by atoms with van der Waals surface area (Å²) in [6.07, 6.45) is 3.48. The lowest BCUT2D eigenvalue weighted by Gasteiger charge is -2.35. The molecule has 2 aliphatic heterocycles. The van der Waals surface area contributed by atoms with Crippen molar-refractivity contribution >= 4 is 16.1 Å². The number of carbonyl (C=O) groups is 1. The standard InChI is InChI=1S/C18H36N4O3S/c1-15-12-16(2)14-21(13-15)9-5-8-19-18(23)17-6-10-22(11-7-17)26(24,25)20(3)4/h15-17H,5-14H2,1-4H3,(H,19,23)/t15-,16-/m0/s1. The highest BCUT2D eigenvalue weighted by Crippen LogP contribution is 2.22. The van der Waals surface area contributed by atoms with Crippen LogP contribution in [0.25, 0.3) is 0 Å². The van der Waals surface area contributed by atoms with E-state index in [1.807, 2.05) is 0 Å². The molecule has 0 aromatic rings. The molecule has 0 aromatic carbocycles. The Labute approximate surface area is 159 Å². The fourth-order valence-electron chi connectivity index (χ4n) is 4.21. The van der Waals surface area contributed by atoms with Crippen molar-refractivity contribution in [2.45, 2.75) is 39.5 Å². The van der Waals surface area contributed by atoms with Crippen molar-refractivity contribution in [2.75, 3.05) is 53.4 Å². The first-order valence-corrected chi connectivity index (χ1v) is 11.3. The zero-order valence-corrected chi connectivity index (χ0v) is 17.6. The number of nitrogens with zero attached hydrogens (tertiary/aromatic N) is 3. The minimum absolute atomic E-state index is 0.0707. The van der Waals surface area contributed by atoms with Crippen LogP contribution < -0.4 is 5.32 Å².